The normalized spacial score (nSPS) is 10.6. The molecule has 0 unspecified atom stereocenters. The van der Waals surface area contributed by atoms with E-state index in [0.717, 1.165) is 0 Å². The van der Waals surface area contributed by atoms with Crippen LogP contribution in [-0.2, 0) is 6.42 Å². The second-order valence-electron chi connectivity index (χ2n) is 5.03. The number of carbonyl (C=O) groups is 1. The summed E-state index contributed by atoms with van der Waals surface area (Å²) in [6.07, 6.45) is 0.393. The Morgan fingerprint density at radius 3 is 2.68 bits per heavy atom. The molecular formula is C17H16BrF2NO4. The predicted molar refractivity (Wildman–Crippen MR) is 91.5 cm³/mol. The zero-order valence-electron chi connectivity index (χ0n) is 13.3. The second kappa shape index (κ2) is 8.66. The number of rotatable bonds is 7. The standard InChI is InChI=1S/C17H16BrF2NO4/c1-24-14-5-2-10(8-15(14)25-17(19)20)6-7-21-16(23)12-9-11(18)3-4-13(12)22/h2-5,8-9,17,22H,6-7H2,1H3,(H,21,23). The molecule has 0 fully saturated rings. The molecule has 0 radical (unpaired) electrons. The highest BCUT2D eigenvalue weighted by Crippen LogP contribution is 2.29. The van der Waals surface area contributed by atoms with Crippen molar-refractivity contribution in [2.75, 3.05) is 13.7 Å². The molecule has 0 spiro atoms. The van der Waals surface area contributed by atoms with Gasteiger partial charge < -0.3 is 19.9 Å². The van der Waals surface area contributed by atoms with Crippen molar-refractivity contribution in [3.05, 3.63) is 52.0 Å². The lowest BCUT2D eigenvalue weighted by molar-refractivity contribution is -0.0512. The molecule has 1 amide bonds. The predicted octanol–water partition coefficient (Wildman–Crippen LogP) is 3.74. The highest BCUT2D eigenvalue weighted by atomic mass is 79.9. The first-order valence-corrected chi connectivity index (χ1v) is 8.08. The van der Waals surface area contributed by atoms with E-state index in [1.807, 2.05) is 0 Å². The van der Waals surface area contributed by atoms with E-state index in [9.17, 15) is 18.7 Å². The molecule has 8 heteroatoms. The van der Waals surface area contributed by atoms with E-state index in [1.165, 1.54) is 31.4 Å². The van der Waals surface area contributed by atoms with Gasteiger partial charge in [-0.3, -0.25) is 4.79 Å². The molecule has 0 aliphatic rings. The van der Waals surface area contributed by atoms with E-state index < -0.39 is 12.5 Å². The number of phenols is 1. The van der Waals surface area contributed by atoms with Crippen LogP contribution < -0.4 is 14.8 Å². The lowest BCUT2D eigenvalue weighted by Crippen LogP contribution is -2.25. The molecule has 0 saturated carbocycles. The smallest absolute Gasteiger partial charge is 0.387 e. The van der Waals surface area contributed by atoms with Gasteiger partial charge in [0.25, 0.3) is 5.91 Å². The molecule has 2 rings (SSSR count). The number of amides is 1. The summed E-state index contributed by atoms with van der Waals surface area (Å²) in [5, 5.41) is 12.4. The maximum absolute atomic E-state index is 12.4. The number of carbonyl (C=O) groups excluding carboxylic acids is 1. The number of hydrogen-bond donors (Lipinski definition) is 2. The number of methoxy groups -OCH3 is 1. The number of halogens is 3. The van der Waals surface area contributed by atoms with Crippen molar-refractivity contribution in [3.8, 4) is 17.2 Å². The van der Waals surface area contributed by atoms with E-state index in [4.69, 9.17) is 4.74 Å². The van der Waals surface area contributed by atoms with Crippen LogP contribution in [0, 0.1) is 0 Å². The third kappa shape index (κ3) is 5.32. The van der Waals surface area contributed by atoms with Gasteiger partial charge in [-0.05, 0) is 42.3 Å². The van der Waals surface area contributed by atoms with Crippen LogP contribution in [0.2, 0.25) is 0 Å². The Kier molecular flexibility index (Phi) is 6.58. The van der Waals surface area contributed by atoms with Gasteiger partial charge in [-0.2, -0.15) is 8.78 Å². The maximum Gasteiger partial charge on any atom is 0.387 e. The molecule has 2 aromatic rings. The molecule has 0 aliphatic heterocycles. The molecule has 0 atom stereocenters. The van der Waals surface area contributed by atoms with Crippen LogP contribution in [0.5, 0.6) is 17.2 Å². The quantitative estimate of drug-likeness (QED) is 0.722. The van der Waals surface area contributed by atoms with E-state index in [2.05, 4.69) is 26.0 Å². The van der Waals surface area contributed by atoms with Gasteiger partial charge in [-0.25, -0.2) is 0 Å². The van der Waals surface area contributed by atoms with Crippen LogP contribution >= 0.6 is 15.9 Å². The fourth-order valence-corrected chi connectivity index (χ4v) is 2.53. The van der Waals surface area contributed by atoms with Crippen LogP contribution in [-0.4, -0.2) is 31.3 Å². The topological polar surface area (TPSA) is 67.8 Å². The van der Waals surface area contributed by atoms with Crippen LogP contribution in [0.4, 0.5) is 8.78 Å². The fourth-order valence-electron chi connectivity index (χ4n) is 2.17. The molecule has 0 heterocycles. The first kappa shape index (κ1) is 19.0. The first-order valence-electron chi connectivity index (χ1n) is 7.29. The van der Waals surface area contributed by atoms with Crippen molar-refractivity contribution >= 4 is 21.8 Å². The van der Waals surface area contributed by atoms with Gasteiger partial charge in [0, 0.05) is 11.0 Å². The molecular weight excluding hydrogens is 400 g/mol. The monoisotopic (exact) mass is 415 g/mol. The number of hydrogen-bond acceptors (Lipinski definition) is 4. The summed E-state index contributed by atoms with van der Waals surface area (Å²) in [6.45, 7) is -2.70. The van der Waals surface area contributed by atoms with E-state index in [-0.39, 0.29) is 29.4 Å². The Balaban J connectivity index is 1.99. The lowest BCUT2D eigenvalue weighted by Gasteiger charge is -2.12. The molecule has 0 saturated heterocycles. The van der Waals surface area contributed by atoms with E-state index in [1.54, 1.807) is 12.1 Å². The van der Waals surface area contributed by atoms with Gasteiger partial charge >= 0.3 is 6.61 Å². The Bertz CT molecular complexity index is 755. The first-order chi connectivity index (χ1) is 11.9. The van der Waals surface area contributed by atoms with Crippen LogP contribution in [0.25, 0.3) is 0 Å². The van der Waals surface area contributed by atoms with E-state index >= 15 is 0 Å². The maximum atomic E-state index is 12.4. The van der Waals surface area contributed by atoms with Gasteiger partial charge in [0.1, 0.15) is 5.75 Å². The van der Waals surface area contributed by atoms with Crippen molar-refractivity contribution in [3.63, 3.8) is 0 Å². The minimum Gasteiger partial charge on any atom is -0.507 e. The fraction of sp³-hybridized carbons (Fsp3) is 0.235. The summed E-state index contributed by atoms with van der Waals surface area (Å²) >= 11 is 3.23. The average molecular weight is 416 g/mol. The molecule has 2 N–H and O–H groups in total. The third-order valence-corrected chi connectivity index (χ3v) is 3.84. The summed E-state index contributed by atoms with van der Waals surface area (Å²) in [5.74, 6) is -0.424. The number of ether oxygens (including phenoxy) is 2. The number of aromatic hydroxyl groups is 1. The SMILES string of the molecule is COc1ccc(CCNC(=O)c2cc(Br)ccc2O)cc1OC(F)F. The molecule has 2 aromatic carbocycles. The van der Waals surface area contributed by atoms with Gasteiger partial charge in [-0.15, -0.1) is 0 Å². The highest BCUT2D eigenvalue weighted by Gasteiger charge is 2.13. The Hall–Kier alpha value is -2.35. The van der Waals surface area contributed by atoms with Crippen molar-refractivity contribution < 1.29 is 28.2 Å². The molecule has 0 bridgehead atoms. The molecule has 5 nitrogen and oxygen atoms in total. The lowest BCUT2D eigenvalue weighted by atomic mass is 10.1. The van der Waals surface area contributed by atoms with Gasteiger partial charge in [0.2, 0.25) is 0 Å². The summed E-state index contributed by atoms with van der Waals surface area (Å²) in [7, 11) is 1.36. The minimum absolute atomic E-state index is 0.0639. The summed E-state index contributed by atoms with van der Waals surface area (Å²) in [5.41, 5.74) is 0.834. The van der Waals surface area contributed by atoms with Crippen LogP contribution in [0.15, 0.2) is 40.9 Å². The highest BCUT2D eigenvalue weighted by molar-refractivity contribution is 9.10. The Morgan fingerprint density at radius 2 is 2.00 bits per heavy atom. The van der Waals surface area contributed by atoms with Gasteiger partial charge in [0.05, 0.1) is 12.7 Å². The van der Waals surface area contributed by atoms with Crippen molar-refractivity contribution in [1.82, 2.24) is 5.32 Å². The minimum atomic E-state index is -2.96. The number of nitrogens with one attached hydrogen (secondary N) is 1. The molecule has 0 aromatic heterocycles. The van der Waals surface area contributed by atoms with Gasteiger partial charge in [0.15, 0.2) is 11.5 Å². The Morgan fingerprint density at radius 1 is 1.24 bits per heavy atom. The third-order valence-electron chi connectivity index (χ3n) is 3.35. The summed E-state index contributed by atoms with van der Waals surface area (Å²) in [4.78, 5) is 12.1. The van der Waals surface area contributed by atoms with Crippen molar-refractivity contribution in [1.29, 1.82) is 0 Å². The van der Waals surface area contributed by atoms with Crippen LogP contribution in [0.1, 0.15) is 15.9 Å². The van der Waals surface area contributed by atoms with Crippen molar-refractivity contribution in [2.24, 2.45) is 0 Å². The van der Waals surface area contributed by atoms with Gasteiger partial charge in [-0.1, -0.05) is 22.0 Å². The van der Waals surface area contributed by atoms with Crippen LogP contribution in [0.3, 0.4) is 0 Å². The number of phenolic OH excluding ortho intramolecular Hbond substituents is 1. The number of alkyl halides is 2. The van der Waals surface area contributed by atoms with Crippen molar-refractivity contribution in [2.45, 2.75) is 13.0 Å². The summed E-state index contributed by atoms with van der Waals surface area (Å²) < 4.78 is 34.9. The largest absolute Gasteiger partial charge is 0.507 e. The zero-order chi connectivity index (χ0) is 18.4. The summed E-state index contributed by atoms with van der Waals surface area (Å²) in [6, 6.07) is 9.19. The Labute approximate surface area is 151 Å². The average Bonchev–Trinajstić information content (AvgIpc) is 2.56. The second-order valence-corrected chi connectivity index (χ2v) is 5.95. The molecule has 25 heavy (non-hydrogen) atoms. The molecule has 134 valence electrons. The number of benzene rings is 2. The zero-order valence-corrected chi connectivity index (χ0v) is 14.8. The van der Waals surface area contributed by atoms with E-state index in [0.29, 0.717) is 16.5 Å². The molecule has 0 aliphatic carbocycles.